The lowest BCUT2D eigenvalue weighted by Gasteiger charge is -2.29. The number of hydrogen-bond donors (Lipinski definition) is 9. The molecule has 0 aliphatic heterocycles. The first-order chi connectivity index (χ1) is 25.4. The van der Waals surface area contributed by atoms with Crippen LogP contribution in [0, 0.1) is 17.8 Å². The van der Waals surface area contributed by atoms with Gasteiger partial charge in [-0.05, 0) is 36.2 Å². The van der Waals surface area contributed by atoms with E-state index in [1.165, 1.54) is 12.5 Å². The minimum atomic E-state index is -1.58. The molecule has 0 saturated heterocycles. The van der Waals surface area contributed by atoms with Crippen LogP contribution in [0.3, 0.4) is 0 Å². The van der Waals surface area contributed by atoms with Gasteiger partial charge in [-0.3, -0.25) is 28.8 Å². The summed E-state index contributed by atoms with van der Waals surface area (Å²) in [6.07, 6.45) is 2.69. The van der Waals surface area contributed by atoms with E-state index in [2.05, 4.69) is 36.6 Å². The van der Waals surface area contributed by atoms with Crippen molar-refractivity contribution in [2.24, 2.45) is 23.5 Å². The number of benzene rings is 1. The molecule has 1 aromatic heterocycles. The zero-order chi connectivity index (χ0) is 40.5. The van der Waals surface area contributed by atoms with Crippen molar-refractivity contribution in [3.05, 3.63) is 54.1 Å². The third kappa shape index (κ3) is 15.3. The van der Waals surface area contributed by atoms with Crippen LogP contribution in [0.4, 0.5) is 0 Å². The van der Waals surface area contributed by atoms with Gasteiger partial charge >= 0.3 is 11.9 Å². The van der Waals surface area contributed by atoms with E-state index in [9.17, 15) is 43.8 Å². The Labute approximate surface area is 315 Å². The third-order valence-electron chi connectivity index (χ3n) is 8.72. The maximum absolute atomic E-state index is 14.0. The van der Waals surface area contributed by atoms with Gasteiger partial charge in [-0.15, -0.1) is 0 Å². The molecule has 10 N–H and O–H groups in total. The molecule has 0 aliphatic rings. The molecule has 298 valence electrons. The number of aromatic nitrogens is 2. The fraction of sp³-hybridized carbons (Fsp3) is 0.568. The minimum absolute atomic E-state index is 0.0175. The molecule has 17 nitrogen and oxygen atoms in total. The van der Waals surface area contributed by atoms with Gasteiger partial charge in [0.2, 0.25) is 29.5 Å². The zero-order valence-corrected chi connectivity index (χ0v) is 31.8. The number of nitrogens with two attached hydrogens (primary N) is 1. The van der Waals surface area contributed by atoms with Gasteiger partial charge in [-0.25, -0.2) is 9.78 Å². The molecule has 2 rings (SSSR count). The Balaban J connectivity index is 2.39. The van der Waals surface area contributed by atoms with E-state index in [1.54, 1.807) is 44.2 Å². The Hall–Kier alpha value is -5.32. The quantitative estimate of drug-likeness (QED) is 0.0759. The van der Waals surface area contributed by atoms with E-state index < -0.39 is 90.1 Å². The Morgan fingerprint density at radius 1 is 0.704 bits per heavy atom. The molecule has 0 aliphatic carbocycles. The average Bonchev–Trinajstić information content (AvgIpc) is 3.61. The van der Waals surface area contributed by atoms with Crippen LogP contribution in [-0.4, -0.2) is 97.9 Å². The van der Waals surface area contributed by atoms with Gasteiger partial charge in [-0.2, -0.15) is 0 Å². The van der Waals surface area contributed by atoms with Gasteiger partial charge in [0.05, 0.1) is 18.8 Å². The normalized spacial score (nSPS) is 15.1. The molecule has 1 heterocycles. The highest BCUT2D eigenvalue weighted by atomic mass is 16.4. The molecule has 0 fully saturated rings. The van der Waals surface area contributed by atoms with Crippen molar-refractivity contribution in [3.8, 4) is 0 Å². The molecule has 17 heteroatoms. The summed E-state index contributed by atoms with van der Waals surface area (Å²) in [7, 11) is 0. The topological polar surface area (TPSA) is 275 Å². The van der Waals surface area contributed by atoms with Gasteiger partial charge in [0, 0.05) is 24.7 Å². The summed E-state index contributed by atoms with van der Waals surface area (Å²) < 4.78 is 0. The Morgan fingerprint density at radius 3 is 1.78 bits per heavy atom. The van der Waals surface area contributed by atoms with Crippen LogP contribution in [0.25, 0.3) is 0 Å². The van der Waals surface area contributed by atoms with Gasteiger partial charge in [0.25, 0.3) is 0 Å². The van der Waals surface area contributed by atoms with Gasteiger partial charge < -0.3 is 47.5 Å². The molecule has 1 aromatic carbocycles. The Bertz CT molecular complexity index is 1550. The molecule has 0 bridgehead atoms. The zero-order valence-electron chi connectivity index (χ0n) is 31.8. The number of aromatic amines is 1. The van der Waals surface area contributed by atoms with Crippen molar-refractivity contribution >= 4 is 41.5 Å². The number of hydrogen-bond acceptors (Lipinski definition) is 9. The number of rotatable bonds is 23. The molecule has 0 unspecified atom stereocenters. The molecule has 2 aromatic rings. The summed E-state index contributed by atoms with van der Waals surface area (Å²) in [6.45, 7) is 10.8. The standard InChI is InChI=1S/C37H56N8O9/c1-7-22(6)31(36(52)43-26(15-23-11-9-8-10-12-23)33(49)44-29(37(53)54)14-21(4)5)45-35(51)27(16-24-18-39-19-40-24)42-34(50)28(17-30(46)47)41-32(48)25(38)13-20(2)3/h8-12,18-22,25-29,31H,7,13-17,38H2,1-6H3,(H,39,40)(H,41,48)(H,42,50)(H,43,52)(H,44,49)(H,45,51)(H,46,47)(H,53,54)/t22-,25-,26-,27-,28-,29-,31-/m0/s1. The van der Waals surface area contributed by atoms with Crippen molar-refractivity contribution in [3.63, 3.8) is 0 Å². The van der Waals surface area contributed by atoms with E-state index in [0.717, 1.165) is 0 Å². The maximum atomic E-state index is 14.0. The SMILES string of the molecule is CC[C@H](C)[C@H](NC(=O)[C@H](Cc1cnc[nH]1)NC(=O)[C@H](CC(=O)O)NC(=O)[C@@H](N)CC(C)C)C(=O)N[C@@H](Cc1ccccc1)C(=O)N[C@@H](CC(C)C)C(=O)O. The molecular formula is C37H56N8O9. The van der Waals surface area contributed by atoms with E-state index >= 15 is 0 Å². The number of nitrogens with one attached hydrogen (secondary N) is 6. The number of amides is 5. The lowest BCUT2D eigenvalue weighted by atomic mass is 9.96. The highest BCUT2D eigenvalue weighted by Crippen LogP contribution is 2.13. The maximum Gasteiger partial charge on any atom is 0.326 e. The van der Waals surface area contributed by atoms with Crippen LogP contribution in [0.15, 0.2) is 42.9 Å². The molecule has 5 amide bonds. The van der Waals surface area contributed by atoms with E-state index in [1.807, 2.05) is 27.7 Å². The summed E-state index contributed by atoms with van der Waals surface area (Å²) in [6, 6.07) is 1.18. The lowest BCUT2D eigenvalue weighted by Crippen LogP contribution is -2.61. The van der Waals surface area contributed by atoms with E-state index in [-0.39, 0.29) is 37.5 Å². The van der Waals surface area contributed by atoms with Crippen molar-refractivity contribution in [2.45, 2.75) is 116 Å². The summed E-state index contributed by atoms with van der Waals surface area (Å²) in [5.41, 5.74) is 7.07. The number of nitrogens with zero attached hydrogens (tertiary/aromatic N) is 1. The van der Waals surface area contributed by atoms with Crippen LogP contribution in [0.5, 0.6) is 0 Å². The first kappa shape index (κ1) is 44.8. The van der Waals surface area contributed by atoms with Crippen LogP contribution >= 0.6 is 0 Å². The van der Waals surface area contributed by atoms with Crippen LogP contribution < -0.4 is 32.3 Å². The molecule has 54 heavy (non-hydrogen) atoms. The molecule has 0 radical (unpaired) electrons. The lowest BCUT2D eigenvalue weighted by molar-refractivity contribution is -0.143. The predicted octanol–water partition coefficient (Wildman–Crippen LogP) is 0.644. The van der Waals surface area contributed by atoms with Crippen molar-refractivity contribution in [1.82, 2.24) is 36.6 Å². The fourth-order valence-corrected chi connectivity index (χ4v) is 5.62. The predicted molar refractivity (Wildman–Crippen MR) is 198 cm³/mol. The molecule has 7 atom stereocenters. The highest BCUT2D eigenvalue weighted by molar-refractivity contribution is 5.97. The minimum Gasteiger partial charge on any atom is -0.481 e. The largest absolute Gasteiger partial charge is 0.481 e. The number of carboxylic acids is 2. The first-order valence-corrected chi connectivity index (χ1v) is 18.1. The second-order valence-corrected chi connectivity index (χ2v) is 14.4. The fourth-order valence-electron chi connectivity index (χ4n) is 5.62. The summed E-state index contributed by atoms with van der Waals surface area (Å²) in [5.74, 6) is -7.08. The smallest absolute Gasteiger partial charge is 0.326 e. The van der Waals surface area contributed by atoms with Crippen molar-refractivity contribution in [2.75, 3.05) is 0 Å². The number of carboxylic acid groups (broad SMARTS) is 2. The highest BCUT2D eigenvalue weighted by Gasteiger charge is 2.35. The van der Waals surface area contributed by atoms with Crippen LogP contribution in [0.1, 0.15) is 78.5 Å². The van der Waals surface area contributed by atoms with Crippen molar-refractivity contribution in [1.29, 1.82) is 0 Å². The molecule has 0 saturated carbocycles. The van der Waals surface area contributed by atoms with E-state index in [4.69, 9.17) is 5.73 Å². The van der Waals surface area contributed by atoms with Crippen molar-refractivity contribution < 1.29 is 43.8 Å². The molecular weight excluding hydrogens is 700 g/mol. The van der Waals surface area contributed by atoms with Gasteiger partial charge in [0.15, 0.2) is 0 Å². The summed E-state index contributed by atoms with van der Waals surface area (Å²) in [5, 5.41) is 32.1. The summed E-state index contributed by atoms with van der Waals surface area (Å²) >= 11 is 0. The third-order valence-corrected chi connectivity index (χ3v) is 8.72. The number of carbonyl (C=O) groups is 7. The first-order valence-electron chi connectivity index (χ1n) is 18.1. The second kappa shape index (κ2) is 22.0. The van der Waals surface area contributed by atoms with Gasteiger partial charge in [0.1, 0.15) is 30.2 Å². The summed E-state index contributed by atoms with van der Waals surface area (Å²) in [4.78, 5) is 98.2. The van der Waals surface area contributed by atoms with E-state index in [0.29, 0.717) is 17.7 Å². The number of imidazole rings is 1. The average molecular weight is 757 g/mol. The number of carbonyl (C=O) groups excluding carboxylic acids is 5. The second-order valence-electron chi connectivity index (χ2n) is 14.4. The van der Waals surface area contributed by atoms with Gasteiger partial charge in [-0.1, -0.05) is 78.3 Å². The number of H-pyrrole nitrogens is 1. The monoisotopic (exact) mass is 756 g/mol. The Morgan fingerprint density at radius 2 is 1.24 bits per heavy atom. The van der Waals surface area contributed by atoms with Crippen LogP contribution in [-0.2, 0) is 46.4 Å². The van der Waals surface area contributed by atoms with Crippen LogP contribution in [0.2, 0.25) is 0 Å². The number of aliphatic carboxylic acids is 2. The molecule has 0 spiro atoms. The Kier molecular flexibility index (Phi) is 18.3.